The third-order valence-electron chi connectivity index (χ3n) is 2.60. The Balaban J connectivity index is 2.06. The predicted molar refractivity (Wildman–Crippen MR) is 76.2 cm³/mol. The van der Waals surface area contributed by atoms with Crippen molar-refractivity contribution >= 4 is 21.9 Å². The lowest BCUT2D eigenvalue weighted by molar-refractivity contribution is 0.0690. The van der Waals surface area contributed by atoms with E-state index in [1.54, 1.807) is 13.2 Å². The van der Waals surface area contributed by atoms with E-state index >= 15 is 0 Å². The molecular weight excluding hydrogens is 326 g/mol. The maximum absolute atomic E-state index is 10.7. The van der Waals surface area contributed by atoms with E-state index in [0.717, 1.165) is 15.8 Å². The van der Waals surface area contributed by atoms with E-state index in [1.807, 2.05) is 18.2 Å². The summed E-state index contributed by atoms with van der Waals surface area (Å²) in [6.07, 6.45) is 1.39. The van der Waals surface area contributed by atoms with E-state index in [0.29, 0.717) is 12.4 Å². The first-order chi connectivity index (χ1) is 9.60. The second kappa shape index (κ2) is 6.38. The Morgan fingerprint density at radius 2 is 2.05 bits per heavy atom. The second-order valence-electron chi connectivity index (χ2n) is 3.93. The van der Waals surface area contributed by atoms with Crippen LogP contribution < -0.4 is 9.47 Å². The van der Waals surface area contributed by atoms with Crippen LogP contribution in [0.3, 0.4) is 0 Å². The van der Waals surface area contributed by atoms with E-state index in [-0.39, 0.29) is 5.69 Å². The molecule has 0 bridgehead atoms. The normalized spacial score (nSPS) is 10.1. The number of rotatable bonds is 5. The first-order valence-corrected chi connectivity index (χ1v) is 6.54. The first kappa shape index (κ1) is 14.3. The van der Waals surface area contributed by atoms with Crippen LogP contribution in [-0.4, -0.2) is 23.2 Å². The summed E-state index contributed by atoms with van der Waals surface area (Å²) in [6, 6.07) is 8.56. The molecule has 6 heteroatoms. The minimum Gasteiger partial charge on any atom is -0.497 e. The zero-order valence-corrected chi connectivity index (χ0v) is 12.3. The topological polar surface area (TPSA) is 68.7 Å². The highest BCUT2D eigenvalue weighted by atomic mass is 79.9. The summed E-state index contributed by atoms with van der Waals surface area (Å²) in [5, 5.41) is 8.75. The number of hydrogen-bond donors (Lipinski definition) is 1. The maximum Gasteiger partial charge on any atom is 0.354 e. The van der Waals surface area contributed by atoms with E-state index in [4.69, 9.17) is 14.6 Å². The zero-order valence-electron chi connectivity index (χ0n) is 10.7. The Kier molecular flexibility index (Phi) is 4.57. The average Bonchev–Trinajstić information content (AvgIpc) is 2.47. The Labute approximate surface area is 124 Å². The molecule has 0 saturated heterocycles. The molecule has 0 aliphatic heterocycles. The van der Waals surface area contributed by atoms with Gasteiger partial charge in [0, 0.05) is 10.0 Å². The van der Waals surface area contributed by atoms with Crippen molar-refractivity contribution < 1.29 is 19.4 Å². The number of carboxylic acids is 1. The SMILES string of the molecule is COc1ccc(Br)c(COc2ccc(C(=O)O)nc2)c1. The Bertz CT molecular complexity index is 613. The fourth-order valence-electron chi connectivity index (χ4n) is 1.54. The fraction of sp³-hybridized carbons (Fsp3) is 0.143. The van der Waals surface area contributed by atoms with Crippen LogP contribution in [0, 0.1) is 0 Å². The fourth-order valence-corrected chi connectivity index (χ4v) is 1.90. The van der Waals surface area contributed by atoms with Crippen LogP contribution in [0.25, 0.3) is 0 Å². The van der Waals surface area contributed by atoms with E-state index in [2.05, 4.69) is 20.9 Å². The molecule has 0 atom stereocenters. The number of carbonyl (C=O) groups is 1. The van der Waals surface area contributed by atoms with Crippen LogP contribution in [0.1, 0.15) is 16.1 Å². The molecule has 0 amide bonds. The van der Waals surface area contributed by atoms with Crippen molar-refractivity contribution in [1.29, 1.82) is 0 Å². The van der Waals surface area contributed by atoms with Crippen molar-refractivity contribution in [2.45, 2.75) is 6.61 Å². The van der Waals surface area contributed by atoms with Gasteiger partial charge in [-0.2, -0.15) is 0 Å². The number of methoxy groups -OCH3 is 1. The third kappa shape index (κ3) is 3.48. The molecule has 104 valence electrons. The summed E-state index contributed by atoms with van der Waals surface area (Å²) in [5.41, 5.74) is 0.909. The van der Waals surface area contributed by atoms with Crippen molar-refractivity contribution in [3.63, 3.8) is 0 Å². The average molecular weight is 338 g/mol. The number of nitrogens with zero attached hydrogens (tertiary/aromatic N) is 1. The number of hydrogen-bond acceptors (Lipinski definition) is 4. The smallest absolute Gasteiger partial charge is 0.354 e. The van der Waals surface area contributed by atoms with E-state index in [1.165, 1.54) is 12.3 Å². The van der Waals surface area contributed by atoms with Crippen molar-refractivity contribution in [3.8, 4) is 11.5 Å². The van der Waals surface area contributed by atoms with E-state index < -0.39 is 5.97 Å². The summed E-state index contributed by atoms with van der Waals surface area (Å²) in [6.45, 7) is 0.325. The summed E-state index contributed by atoms with van der Waals surface area (Å²) >= 11 is 3.43. The Morgan fingerprint density at radius 3 is 2.65 bits per heavy atom. The van der Waals surface area contributed by atoms with Gasteiger partial charge < -0.3 is 14.6 Å². The summed E-state index contributed by atoms with van der Waals surface area (Å²) in [4.78, 5) is 14.5. The second-order valence-corrected chi connectivity index (χ2v) is 4.78. The van der Waals surface area contributed by atoms with Crippen molar-refractivity contribution in [2.24, 2.45) is 0 Å². The summed E-state index contributed by atoms with van der Waals surface area (Å²) in [5.74, 6) is 0.183. The van der Waals surface area contributed by atoms with Gasteiger partial charge in [-0.15, -0.1) is 0 Å². The molecule has 5 nitrogen and oxygen atoms in total. The lowest BCUT2D eigenvalue weighted by Crippen LogP contribution is -2.01. The van der Waals surface area contributed by atoms with Gasteiger partial charge in [0.05, 0.1) is 13.3 Å². The van der Waals surface area contributed by atoms with Gasteiger partial charge in [0.1, 0.15) is 23.8 Å². The molecule has 2 rings (SSSR count). The van der Waals surface area contributed by atoms with Gasteiger partial charge in [-0.3, -0.25) is 0 Å². The highest BCUT2D eigenvalue weighted by molar-refractivity contribution is 9.10. The third-order valence-corrected chi connectivity index (χ3v) is 3.38. The molecular formula is C14H12BrNO4. The summed E-state index contributed by atoms with van der Waals surface area (Å²) < 4.78 is 11.6. The zero-order chi connectivity index (χ0) is 14.5. The van der Waals surface area contributed by atoms with Gasteiger partial charge in [-0.1, -0.05) is 15.9 Å². The predicted octanol–water partition coefficient (Wildman–Crippen LogP) is 3.13. The number of benzene rings is 1. The van der Waals surface area contributed by atoms with Gasteiger partial charge in [0.2, 0.25) is 0 Å². The summed E-state index contributed by atoms with van der Waals surface area (Å²) in [7, 11) is 1.60. The Morgan fingerprint density at radius 1 is 1.30 bits per heavy atom. The number of halogens is 1. The van der Waals surface area contributed by atoms with Crippen LogP contribution in [0.4, 0.5) is 0 Å². The largest absolute Gasteiger partial charge is 0.497 e. The molecule has 0 spiro atoms. The number of aromatic nitrogens is 1. The van der Waals surface area contributed by atoms with Gasteiger partial charge in [-0.25, -0.2) is 9.78 Å². The molecule has 1 N–H and O–H groups in total. The van der Waals surface area contributed by atoms with E-state index in [9.17, 15) is 4.79 Å². The van der Waals surface area contributed by atoms with Crippen LogP contribution in [-0.2, 0) is 6.61 Å². The van der Waals surface area contributed by atoms with Crippen molar-refractivity contribution in [1.82, 2.24) is 4.98 Å². The molecule has 0 aliphatic rings. The molecule has 0 unspecified atom stereocenters. The maximum atomic E-state index is 10.7. The van der Waals surface area contributed by atoms with Crippen LogP contribution in [0.15, 0.2) is 41.0 Å². The minimum atomic E-state index is -1.06. The molecule has 0 aliphatic carbocycles. The molecule has 2 aromatic rings. The molecule has 20 heavy (non-hydrogen) atoms. The number of ether oxygens (including phenoxy) is 2. The molecule has 1 aromatic heterocycles. The van der Waals surface area contributed by atoms with Crippen LogP contribution in [0.5, 0.6) is 11.5 Å². The molecule has 0 saturated carbocycles. The Hall–Kier alpha value is -2.08. The lowest BCUT2D eigenvalue weighted by Gasteiger charge is -2.09. The van der Waals surface area contributed by atoms with Crippen LogP contribution >= 0.6 is 15.9 Å². The monoisotopic (exact) mass is 337 g/mol. The molecule has 0 fully saturated rings. The van der Waals surface area contributed by atoms with Crippen LogP contribution in [0.2, 0.25) is 0 Å². The number of pyridine rings is 1. The molecule has 1 aromatic carbocycles. The number of carboxylic acid groups (broad SMARTS) is 1. The minimum absolute atomic E-state index is 0.0140. The standard InChI is InChI=1S/C14H12BrNO4/c1-19-10-2-4-12(15)9(6-10)8-20-11-3-5-13(14(17)18)16-7-11/h2-7H,8H2,1H3,(H,17,18). The van der Waals surface area contributed by atoms with Crippen molar-refractivity contribution in [2.75, 3.05) is 7.11 Å². The quantitative estimate of drug-likeness (QED) is 0.907. The molecule has 0 radical (unpaired) electrons. The van der Waals surface area contributed by atoms with Gasteiger partial charge in [0.25, 0.3) is 0 Å². The van der Waals surface area contributed by atoms with Crippen molar-refractivity contribution in [3.05, 3.63) is 52.3 Å². The van der Waals surface area contributed by atoms with Gasteiger partial charge in [0.15, 0.2) is 0 Å². The lowest BCUT2D eigenvalue weighted by atomic mass is 10.2. The van der Waals surface area contributed by atoms with Gasteiger partial charge >= 0.3 is 5.97 Å². The van der Waals surface area contributed by atoms with Gasteiger partial charge in [-0.05, 0) is 30.3 Å². The highest BCUT2D eigenvalue weighted by Crippen LogP contribution is 2.24. The highest BCUT2D eigenvalue weighted by Gasteiger charge is 2.06. The number of aromatic carboxylic acids is 1. The molecule has 1 heterocycles. The first-order valence-electron chi connectivity index (χ1n) is 5.74.